The smallest absolute Gasteiger partial charge is 0.266 e. The van der Waals surface area contributed by atoms with E-state index in [0.29, 0.717) is 38.9 Å². The van der Waals surface area contributed by atoms with Gasteiger partial charge in [0.05, 0.1) is 42.3 Å². The average molecular weight is 540 g/mol. The molecular weight excluding hydrogens is 518 g/mol. The van der Waals surface area contributed by atoms with E-state index in [1.165, 1.54) is 30.5 Å². The number of halogens is 1. The molecule has 0 unspecified atom stereocenters. The van der Waals surface area contributed by atoms with Gasteiger partial charge in [0.2, 0.25) is 5.91 Å². The molecule has 1 N–H and O–H groups in total. The van der Waals surface area contributed by atoms with Crippen LogP contribution in [-0.2, 0) is 4.79 Å². The van der Waals surface area contributed by atoms with E-state index < -0.39 is 0 Å². The summed E-state index contributed by atoms with van der Waals surface area (Å²) in [7, 11) is 3.04. The molecule has 0 bridgehead atoms. The fourth-order valence-corrected chi connectivity index (χ4v) is 4.84. The summed E-state index contributed by atoms with van der Waals surface area (Å²) in [5, 5.41) is 3.68. The highest BCUT2D eigenvalue weighted by atomic mass is 79.9. The van der Waals surface area contributed by atoms with Crippen LogP contribution in [0.1, 0.15) is 5.56 Å². The van der Waals surface area contributed by atoms with Gasteiger partial charge in [-0.3, -0.25) is 14.2 Å². The zero-order valence-electron chi connectivity index (χ0n) is 18.8. The molecular formula is C25H22BrN3O4S. The van der Waals surface area contributed by atoms with E-state index in [-0.39, 0.29) is 17.2 Å². The number of para-hydroxylation sites is 1. The number of fused-ring (bicyclic) bond motifs is 1. The second-order valence-electron chi connectivity index (χ2n) is 7.41. The highest BCUT2D eigenvalue weighted by Crippen LogP contribution is 2.32. The van der Waals surface area contributed by atoms with Crippen molar-refractivity contribution in [2.24, 2.45) is 0 Å². The molecule has 1 aromatic heterocycles. The Balaban J connectivity index is 1.72. The minimum Gasteiger partial charge on any atom is -0.493 e. The van der Waals surface area contributed by atoms with Crippen molar-refractivity contribution in [3.63, 3.8) is 0 Å². The number of anilines is 1. The van der Waals surface area contributed by atoms with Crippen LogP contribution in [0.25, 0.3) is 16.6 Å². The third-order valence-corrected chi connectivity index (χ3v) is 6.68. The van der Waals surface area contributed by atoms with Crippen molar-refractivity contribution in [3.05, 3.63) is 81.1 Å². The first-order valence-corrected chi connectivity index (χ1v) is 12.1. The van der Waals surface area contributed by atoms with Crippen molar-refractivity contribution < 1.29 is 14.3 Å². The summed E-state index contributed by atoms with van der Waals surface area (Å²) in [4.78, 5) is 30.9. The van der Waals surface area contributed by atoms with Gasteiger partial charge in [0.25, 0.3) is 5.56 Å². The van der Waals surface area contributed by atoms with Gasteiger partial charge in [-0.25, -0.2) is 4.98 Å². The second-order valence-corrected chi connectivity index (χ2v) is 9.21. The Bertz CT molecular complexity index is 1420. The molecule has 9 heteroatoms. The van der Waals surface area contributed by atoms with Gasteiger partial charge in [0.1, 0.15) is 0 Å². The predicted octanol–water partition coefficient (Wildman–Crippen LogP) is 5.20. The Morgan fingerprint density at radius 3 is 2.44 bits per heavy atom. The molecule has 0 atom stereocenters. The standard InChI is InChI=1S/C25H22BrN3O4S/c1-15-9-10-19(18(26)11-15)27-23(30)14-34-25-28-20-13-22(33-3)21(32-2)12-17(20)24(31)29(25)16-7-5-4-6-8-16/h4-13H,14H2,1-3H3,(H,27,30). The molecule has 0 saturated carbocycles. The maximum Gasteiger partial charge on any atom is 0.266 e. The normalized spacial score (nSPS) is 10.8. The minimum atomic E-state index is -0.263. The Morgan fingerprint density at radius 1 is 1.06 bits per heavy atom. The van der Waals surface area contributed by atoms with Crippen LogP contribution in [0.3, 0.4) is 0 Å². The maximum absolute atomic E-state index is 13.5. The molecule has 4 rings (SSSR count). The van der Waals surface area contributed by atoms with Gasteiger partial charge < -0.3 is 14.8 Å². The number of methoxy groups -OCH3 is 2. The van der Waals surface area contributed by atoms with Crippen LogP contribution in [0.4, 0.5) is 5.69 Å². The van der Waals surface area contributed by atoms with E-state index in [9.17, 15) is 9.59 Å². The van der Waals surface area contributed by atoms with Gasteiger partial charge in [-0.2, -0.15) is 0 Å². The summed E-state index contributed by atoms with van der Waals surface area (Å²) < 4.78 is 13.0. The largest absolute Gasteiger partial charge is 0.493 e. The monoisotopic (exact) mass is 539 g/mol. The topological polar surface area (TPSA) is 82.5 Å². The molecule has 0 spiro atoms. The summed E-state index contributed by atoms with van der Waals surface area (Å²) in [5.41, 5.74) is 2.61. The number of rotatable bonds is 7. The Labute approximate surface area is 209 Å². The zero-order valence-corrected chi connectivity index (χ0v) is 21.2. The number of thioether (sulfide) groups is 1. The third kappa shape index (κ3) is 4.95. The van der Waals surface area contributed by atoms with Crippen molar-refractivity contribution >= 4 is 50.2 Å². The molecule has 0 aliphatic heterocycles. The number of hydrogen-bond donors (Lipinski definition) is 1. The summed E-state index contributed by atoms with van der Waals surface area (Å²) in [6.07, 6.45) is 0. The number of carbonyl (C=O) groups excluding carboxylic acids is 1. The van der Waals surface area contributed by atoms with Crippen molar-refractivity contribution in [1.29, 1.82) is 0 Å². The quantitative estimate of drug-likeness (QED) is 0.256. The number of carbonyl (C=O) groups is 1. The molecule has 0 saturated heterocycles. The van der Waals surface area contributed by atoms with Crippen LogP contribution >= 0.6 is 27.7 Å². The summed E-state index contributed by atoms with van der Waals surface area (Å²) in [6, 6.07) is 18.2. The highest BCUT2D eigenvalue weighted by molar-refractivity contribution is 9.10. The fourth-order valence-electron chi connectivity index (χ4n) is 3.43. The molecule has 1 amide bonds. The number of hydrogen-bond acceptors (Lipinski definition) is 6. The Hall–Kier alpha value is -3.30. The molecule has 34 heavy (non-hydrogen) atoms. The van der Waals surface area contributed by atoms with Crippen LogP contribution in [-0.4, -0.2) is 35.4 Å². The number of nitrogens with one attached hydrogen (secondary N) is 1. The van der Waals surface area contributed by atoms with Gasteiger partial charge in [-0.1, -0.05) is 36.0 Å². The molecule has 1 heterocycles. The first-order chi connectivity index (χ1) is 16.4. The van der Waals surface area contributed by atoms with Crippen molar-refractivity contribution in [2.75, 3.05) is 25.3 Å². The second kappa shape index (κ2) is 10.3. The lowest BCUT2D eigenvalue weighted by molar-refractivity contribution is -0.113. The lowest BCUT2D eigenvalue weighted by atomic mass is 10.2. The average Bonchev–Trinajstić information content (AvgIpc) is 2.84. The van der Waals surface area contributed by atoms with Gasteiger partial charge in [-0.15, -0.1) is 0 Å². The van der Waals surface area contributed by atoms with Gasteiger partial charge >= 0.3 is 0 Å². The summed E-state index contributed by atoms with van der Waals surface area (Å²) in [6.45, 7) is 1.98. The molecule has 7 nitrogen and oxygen atoms in total. The Kier molecular flexibility index (Phi) is 7.23. The number of ether oxygens (including phenoxy) is 2. The molecule has 0 fully saturated rings. The molecule has 174 valence electrons. The first kappa shape index (κ1) is 23.8. The summed E-state index contributed by atoms with van der Waals surface area (Å²) >= 11 is 4.66. The Morgan fingerprint density at radius 2 is 1.76 bits per heavy atom. The predicted molar refractivity (Wildman–Crippen MR) is 139 cm³/mol. The van der Waals surface area contributed by atoms with Crippen molar-refractivity contribution in [2.45, 2.75) is 12.1 Å². The van der Waals surface area contributed by atoms with E-state index in [1.807, 2.05) is 55.5 Å². The number of aryl methyl sites for hydroxylation is 1. The fraction of sp³-hybridized carbons (Fsp3) is 0.160. The van der Waals surface area contributed by atoms with E-state index in [4.69, 9.17) is 14.5 Å². The number of amides is 1. The van der Waals surface area contributed by atoms with Gasteiger partial charge in [0.15, 0.2) is 16.7 Å². The maximum atomic E-state index is 13.5. The number of nitrogens with zero attached hydrogens (tertiary/aromatic N) is 2. The van der Waals surface area contributed by atoms with Crippen LogP contribution in [0, 0.1) is 6.92 Å². The molecule has 0 radical (unpaired) electrons. The molecule has 4 aromatic rings. The zero-order chi connectivity index (χ0) is 24.2. The van der Waals surface area contributed by atoms with Crippen molar-refractivity contribution in [3.8, 4) is 17.2 Å². The SMILES string of the molecule is COc1cc2nc(SCC(=O)Nc3ccc(C)cc3Br)n(-c3ccccc3)c(=O)c2cc1OC. The van der Waals surface area contributed by atoms with Gasteiger partial charge in [0, 0.05) is 10.5 Å². The first-order valence-electron chi connectivity index (χ1n) is 10.3. The number of benzene rings is 3. The van der Waals surface area contributed by atoms with Crippen LogP contribution in [0.5, 0.6) is 11.5 Å². The third-order valence-electron chi connectivity index (χ3n) is 5.09. The lowest BCUT2D eigenvalue weighted by Crippen LogP contribution is -2.23. The molecule has 3 aromatic carbocycles. The minimum absolute atomic E-state index is 0.0678. The van der Waals surface area contributed by atoms with E-state index >= 15 is 0 Å². The molecule has 0 aliphatic rings. The van der Waals surface area contributed by atoms with Gasteiger partial charge in [-0.05, 0) is 58.7 Å². The highest BCUT2D eigenvalue weighted by Gasteiger charge is 2.18. The number of aromatic nitrogens is 2. The van der Waals surface area contributed by atoms with E-state index in [1.54, 1.807) is 12.1 Å². The van der Waals surface area contributed by atoms with Crippen molar-refractivity contribution in [1.82, 2.24) is 9.55 Å². The summed E-state index contributed by atoms with van der Waals surface area (Å²) in [5.74, 6) is 0.767. The molecule has 0 aliphatic carbocycles. The van der Waals surface area contributed by atoms with E-state index in [0.717, 1.165) is 10.0 Å². The lowest BCUT2D eigenvalue weighted by Gasteiger charge is -2.15. The van der Waals surface area contributed by atoms with Crippen LogP contribution < -0.4 is 20.3 Å². The van der Waals surface area contributed by atoms with E-state index in [2.05, 4.69) is 21.2 Å². The van der Waals surface area contributed by atoms with Crippen LogP contribution in [0.2, 0.25) is 0 Å². The van der Waals surface area contributed by atoms with Crippen LogP contribution in [0.15, 0.2) is 75.1 Å².